The van der Waals surface area contributed by atoms with E-state index in [4.69, 9.17) is 5.73 Å². The Morgan fingerprint density at radius 2 is 2.06 bits per heavy atom. The van der Waals surface area contributed by atoms with Gasteiger partial charge in [0, 0.05) is 5.69 Å². The van der Waals surface area contributed by atoms with Gasteiger partial charge in [0.25, 0.3) is 0 Å². The van der Waals surface area contributed by atoms with Crippen molar-refractivity contribution in [2.24, 2.45) is 0 Å². The topological polar surface area (TPSA) is 56.7 Å². The molecule has 0 unspecified atom stereocenters. The van der Waals surface area contributed by atoms with Crippen LogP contribution in [0.2, 0.25) is 0 Å². The summed E-state index contributed by atoms with van der Waals surface area (Å²) in [7, 11) is 0. The summed E-state index contributed by atoms with van der Waals surface area (Å²) in [4.78, 5) is 3.67. The Kier molecular flexibility index (Phi) is 2.74. The Morgan fingerprint density at radius 1 is 1.29 bits per heavy atom. The van der Waals surface area contributed by atoms with Gasteiger partial charge in [0.2, 0.25) is 0 Å². The third-order valence-electron chi connectivity index (χ3n) is 2.24. The van der Waals surface area contributed by atoms with Gasteiger partial charge in [0.1, 0.15) is 12.7 Å². The molecule has 0 fully saturated rings. The minimum Gasteiger partial charge on any atom is -0.399 e. The number of rotatable bonds is 2. The molecule has 17 heavy (non-hydrogen) atoms. The van der Waals surface area contributed by atoms with Crippen molar-refractivity contribution in [1.82, 2.24) is 14.8 Å². The van der Waals surface area contributed by atoms with Crippen molar-refractivity contribution in [1.29, 1.82) is 0 Å². The molecule has 0 saturated carbocycles. The van der Waals surface area contributed by atoms with Gasteiger partial charge in [-0.15, -0.1) is 0 Å². The van der Waals surface area contributed by atoms with Crippen LogP contribution >= 0.6 is 0 Å². The van der Waals surface area contributed by atoms with Crippen molar-refractivity contribution in [3.05, 3.63) is 42.0 Å². The summed E-state index contributed by atoms with van der Waals surface area (Å²) in [5.74, 6) is 0. The molecule has 2 aromatic rings. The maximum atomic E-state index is 12.8. The summed E-state index contributed by atoms with van der Waals surface area (Å²) >= 11 is 0. The minimum absolute atomic E-state index is 0.00905. The van der Waals surface area contributed by atoms with Gasteiger partial charge in [-0.25, -0.2) is 9.67 Å². The molecule has 1 heterocycles. The maximum absolute atomic E-state index is 12.8. The van der Waals surface area contributed by atoms with Crippen LogP contribution in [0.15, 0.2) is 30.9 Å². The van der Waals surface area contributed by atoms with Crippen molar-refractivity contribution < 1.29 is 13.2 Å². The normalized spacial score (nSPS) is 11.7. The second-order valence-electron chi connectivity index (χ2n) is 3.51. The third kappa shape index (κ3) is 2.55. The Labute approximate surface area is 94.9 Å². The number of anilines is 1. The zero-order chi connectivity index (χ0) is 12.5. The number of nitrogens with two attached hydrogens (primary N) is 1. The summed E-state index contributed by atoms with van der Waals surface area (Å²) in [6, 6.07) is 3.70. The number of hydrogen-bond donors (Lipinski definition) is 1. The van der Waals surface area contributed by atoms with E-state index in [1.165, 1.54) is 29.5 Å². The van der Waals surface area contributed by atoms with Crippen LogP contribution in [0.5, 0.6) is 0 Å². The fourth-order valence-corrected chi connectivity index (χ4v) is 1.48. The lowest BCUT2D eigenvalue weighted by molar-refractivity contribution is -0.138. The molecule has 1 aromatic heterocycles. The van der Waals surface area contributed by atoms with Gasteiger partial charge >= 0.3 is 6.18 Å². The number of halogens is 3. The van der Waals surface area contributed by atoms with E-state index in [-0.39, 0.29) is 17.8 Å². The van der Waals surface area contributed by atoms with Crippen LogP contribution in [0.25, 0.3) is 0 Å². The van der Waals surface area contributed by atoms with Crippen LogP contribution in [0.3, 0.4) is 0 Å². The summed E-state index contributed by atoms with van der Waals surface area (Å²) in [6.07, 6.45) is -1.80. The molecule has 1 aromatic carbocycles. The zero-order valence-electron chi connectivity index (χ0n) is 8.65. The standard InChI is InChI=1S/C10H9F3N4/c11-10(12,13)9-3-8(14)2-1-7(9)4-17-6-15-5-16-17/h1-3,5-6H,4,14H2. The Bertz CT molecular complexity index is 505. The third-order valence-corrected chi connectivity index (χ3v) is 2.24. The SMILES string of the molecule is Nc1ccc(Cn2cncn2)c(C(F)(F)F)c1. The quantitative estimate of drug-likeness (QED) is 0.818. The van der Waals surface area contributed by atoms with Crippen LogP contribution in [-0.4, -0.2) is 14.8 Å². The highest BCUT2D eigenvalue weighted by molar-refractivity contribution is 5.46. The highest BCUT2D eigenvalue weighted by Crippen LogP contribution is 2.33. The first-order valence-corrected chi connectivity index (χ1v) is 4.75. The van der Waals surface area contributed by atoms with E-state index < -0.39 is 11.7 Å². The molecule has 2 N–H and O–H groups in total. The molecule has 0 atom stereocenters. The smallest absolute Gasteiger partial charge is 0.399 e. The molecular weight excluding hydrogens is 233 g/mol. The maximum Gasteiger partial charge on any atom is 0.416 e. The Balaban J connectivity index is 2.40. The molecule has 4 nitrogen and oxygen atoms in total. The second-order valence-corrected chi connectivity index (χ2v) is 3.51. The summed E-state index contributed by atoms with van der Waals surface area (Å²) in [5.41, 5.74) is 4.81. The molecule has 0 bridgehead atoms. The largest absolute Gasteiger partial charge is 0.416 e. The van der Waals surface area contributed by atoms with Gasteiger partial charge in [0.15, 0.2) is 0 Å². The van der Waals surface area contributed by atoms with Crippen LogP contribution in [-0.2, 0) is 12.7 Å². The molecule has 90 valence electrons. The fourth-order valence-electron chi connectivity index (χ4n) is 1.48. The average molecular weight is 242 g/mol. The molecule has 0 aliphatic carbocycles. The monoisotopic (exact) mass is 242 g/mol. The van der Waals surface area contributed by atoms with Gasteiger partial charge in [-0.1, -0.05) is 6.07 Å². The number of benzene rings is 1. The highest BCUT2D eigenvalue weighted by atomic mass is 19.4. The highest BCUT2D eigenvalue weighted by Gasteiger charge is 2.33. The van der Waals surface area contributed by atoms with Crippen molar-refractivity contribution in [2.45, 2.75) is 12.7 Å². The first-order chi connectivity index (χ1) is 7.97. The van der Waals surface area contributed by atoms with E-state index in [1.807, 2.05) is 0 Å². The molecule has 0 aliphatic heterocycles. The van der Waals surface area contributed by atoms with Crippen LogP contribution < -0.4 is 5.73 Å². The first-order valence-electron chi connectivity index (χ1n) is 4.75. The van der Waals surface area contributed by atoms with Gasteiger partial charge < -0.3 is 5.73 Å². The van der Waals surface area contributed by atoms with E-state index in [2.05, 4.69) is 10.1 Å². The predicted octanol–water partition coefficient (Wildman–Crippen LogP) is 1.93. The summed E-state index contributed by atoms with van der Waals surface area (Å²) in [6.45, 7) is 0.00905. The second kappa shape index (κ2) is 4.08. The van der Waals surface area contributed by atoms with E-state index in [0.717, 1.165) is 6.07 Å². The van der Waals surface area contributed by atoms with Gasteiger partial charge in [-0.3, -0.25) is 0 Å². The Morgan fingerprint density at radius 3 is 2.65 bits per heavy atom. The molecule has 7 heteroatoms. The average Bonchev–Trinajstić information content (AvgIpc) is 2.72. The minimum atomic E-state index is -4.43. The lowest BCUT2D eigenvalue weighted by Gasteiger charge is -2.13. The Hall–Kier alpha value is -2.05. The molecule has 0 saturated heterocycles. The fraction of sp³-hybridized carbons (Fsp3) is 0.200. The molecule has 0 aliphatic rings. The number of nitrogens with zero attached hydrogens (tertiary/aromatic N) is 3. The van der Waals surface area contributed by atoms with Crippen LogP contribution in [0, 0.1) is 0 Å². The summed E-state index contributed by atoms with van der Waals surface area (Å²) in [5, 5.41) is 3.76. The summed E-state index contributed by atoms with van der Waals surface area (Å²) < 4.78 is 39.6. The zero-order valence-corrected chi connectivity index (χ0v) is 8.65. The predicted molar refractivity (Wildman–Crippen MR) is 55.0 cm³/mol. The lowest BCUT2D eigenvalue weighted by Crippen LogP contribution is -2.12. The van der Waals surface area contributed by atoms with Crippen molar-refractivity contribution in [2.75, 3.05) is 5.73 Å². The van der Waals surface area contributed by atoms with E-state index >= 15 is 0 Å². The number of alkyl halides is 3. The van der Waals surface area contributed by atoms with E-state index in [9.17, 15) is 13.2 Å². The van der Waals surface area contributed by atoms with Crippen molar-refractivity contribution in [3.8, 4) is 0 Å². The van der Waals surface area contributed by atoms with Crippen molar-refractivity contribution >= 4 is 5.69 Å². The van der Waals surface area contributed by atoms with Crippen molar-refractivity contribution in [3.63, 3.8) is 0 Å². The first kappa shape index (κ1) is 11.4. The van der Waals surface area contributed by atoms with Gasteiger partial charge in [-0.05, 0) is 17.7 Å². The molecular formula is C10H9F3N4. The molecule has 0 radical (unpaired) electrons. The molecule has 0 spiro atoms. The lowest BCUT2D eigenvalue weighted by atomic mass is 10.1. The van der Waals surface area contributed by atoms with Gasteiger partial charge in [-0.2, -0.15) is 18.3 Å². The van der Waals surface area contributed by atoms with Crippen LogP contribution in [0.4, 0.5) is 18.9 Å². The van der Waals surface area contributed by atoms with E-state index in [0.29, 0.717) is 0 Å². The van der Waals surface area contributed by atoms with Crippen LogP contribution in [0.1, 0.15) is 11.1 Å². The van der Waals surface area contributed by atoms with E-state index in [1.54, 1.807) is 0 Å². The molecule has 2 rings (SSSR count). The number of hydrogen-bond acceptors (Lipinski definition) is 3. The molecule has 0 amide bonds. The number of nitrogen functional groups attached to an aromatic ring is 1. The van der Waals surface area contributed by atoms with Gasteiger partial charge in [0.05, 0.1) is 12.1 Å². The number of aromatic nitrogens is 3.